The van der Waals surface area contributed by atoms with Crippen molar-refractivity contribution < 1.29 is 4.79 Å². The molecule has 0 heterocycles. The average molecular weight is 247 g/mol. The van der Waals surface area contributed by atoms with Crippen LogP contribution in [-0.2, 0) is 0 Å². The quantitative estimate of drug-likeness (QED) is 0.699. The number of amides is 1. The molecule has 0 aliphatic heterocycles. The fourth-order valence-corrected chi connectivity index (χ4v) is 2.06. The molecule has 0 aromatic heterocycles. The number of benzene rings is 1. The zero-order chi connectivity index (χ0) is 13.1. The van der Waals surface area contributed by atoms with E-state index in [9.17, 15) is 4.79 Å². The molecule has 18 heavy (non-hydrogen) atoms. The lowest BCUT2D eigenvalue weighted by molar-refractivity contribution is 0.0956. The number of rotatable bonds is 5. The van der Waals surface area contributed by atoms with Crippen molar-refractivity contribution in [2.45, 2.75) is 32.7 Å². The fraction of sp³-hybridized carbons (Fsp3) is 0.500. The van der Waals surface area contributed by atoms with Gasteiger partial charge in [0.15, 0.2) is 0 Å². The van der Waals surface area contributed by atoms with Crippen LogP contribution in [0.5, 0.6) is 0 Å². The van der Waals surface area contributed by atoms with E-state index in [-0.39, 0.29) is 5.91 Å². The molecule has 0 spiro atoms. The van der Waals surface area contributed by atoms with Crippen LogP contribution in [0, 0.1) is 5.92 Å². The van der Waals surface area contributed by atoms with Crippen LogP contribution in [0.1, 0.15) is 37.0 Å². The van der Waals surface area contributed by atoms with Gasteiger partial charge in [-0.3, -0.25) is 4.79 Å². The molecular weight excluding hydrogens is 226 g/mol. The Balaban J connectivity index is 2.06. The van der Waals surface area contributed by atoms with Crippen molar-refractivity contribution in [3.63, 3.8) is 0 Å². The molecule has 0 radical (unpaired) electrons. The summed E-state index contributed by atoms with van der Waals surface area (Å²) in [6.07, 6.45) is 2.59. The molecule has 4 nitrogen and oxygen atoms in total. The molecule has 0 bridgehead atoms. The maximum absolute atomic E-state index is 11.7. The van der Waals surface area contributed by atoms with E-state index in [1.807, 2.05) is 19.1 Å². The molecule has 1 amide bonds. The highest BCUT2D eigenvalue weighted by molar-refractivity contribution is 5.96. The van der Waals surface area contributed by atoms with E-state index >= 15 is 0 Å². The van der Waals surface area contributed by atoms with Crippen LogP contribution in [0.4, 0.5) is 11.4 Å². The Labute approximate surface area is 108 Å². The summed E-state index contributed by atoms with van der Waals surface area (Å²) < 4.78 is 0. The minimum Gasteiger partial charge on any atom is -0.397 e. The van der Waals surface area contributed by atoms with Crippen molar-refractivity contribution in [3.8, 4) is 0 Å². The van der Waals surface area contributed by atoms with Gasteiger partial charge in [-0.05, 0) is 50.8 Å². The minimum absolute atomic E-state index is 0.0778. The molecule has 1 atom stereocenters. The Hall–Kier alpha value is -1.71. The molecule has 1 aliphatic carbocycles. The molecule has 1 aromatic rings. The molecule has 1 fully saturated rings. The molecule has 1 aliphatic rings. The highest BCUT2D eigenvalue weighted by atomic mass is 16.1. The van der Waals surface area contributed by atoms with Gasteiger partial charge in [0.2, 0.25) is 0 Å². The Bertz CT molecular complexity index is 441. The monoisotopic (exact) mass is 247 g/mol. The van der Waals surface area contributed by atoms with Gasteiger partial charge < -0.3 is 16.4 Å². The van der Waals surface area contributed by atoms with Crippen molar-refractivity contribution >= 4 is 17.3 Å². The summed E-state index contributed by atoms with van der Waals surface area (Å²) in [6, 6.07) is 5.87. The predicted octanol–water partition coefficient (Wildman–Crippen LogP) is 2.23. The number of carbonyl (C=O) groups excluding carboxylic acids is 1. The van der Waals surface area contributed by atoms with Gasteiger partial charge >= 0.3 is 0 Å². The molecule has 1 aromatic carbocycles. The second-order valence-electron chi connectivity index (χ2n) is 4.93. The lowest BCUT2D eigenvalue weighted by atomic mass is 10.1. The van der Waals surface area contributed by atoms with Crippen molar-refractivity contribution in [2.24, 2.45) is 5.92 Å². The Morgan fingerprint density at radius 3 is 2.78 bits per heavy atom. The molecule has 4 N–H and O–H groups in total. The van der Waals surface area contributed by atoms with Crippen LogP contribution in [-0.4, -0.2) is 18.5 Å². The zero-order valence-electron chi connectivity index (χ0n) is 11.0. The maximum atomic E-state index is 11.7. The van der Waals surface area contributed by atoms with Crippen molar-refractivity contribution in [1.82, 2.24) is 5.32 Å². The standard InChI is InChI=1S/C14H21N3O/c1-3-16-14(18)11-6-7-13(12(15)8-11)17-9(2)10-4-5-10/h6-10,17H,3-5,15H2,1-2H3,(H,16,18). The molecule has 98 valence electrons. The lowest BCUT2D eigenvalue weighted by Crippen LogP contribution is -2.23. The van der Waals surface area contributed by atoms with Crippen LogP contribution in [0.15, 0.2) is 18.2 Å². The fourth-order valence-electron chi connectivity index (χ4n) is 2.06. The summed E-state index contributed by atoms with van der Waals surface area (Å²) in [5.74, 6) is 0.693. The predicted molar refractivity (Wildman–Crippen MR) is 74.7 cm³/mol. The van der Waals surface area contributed by atoms with Gasteiger partial charge in [-0.1, -0.05) is 0 Å². The normalized spacial score (nSPS) is 16.1. The third kappa shape index (κ3) is 2.94. The van der Waals surface area contributed by atoms with E-state index in [1.54, 1.807) is 6.07 Å². The summed E-state index contributed by atoms with van der Waals surface area (Å²) in [5.41, 5.74) is 8.14. The Morgan fingerprint density at radius 1 is 1.50 bits per heavy atom. The first-order chi connectivity index (χ1) is 8.61. The van der Waals surface area contributed by atoms with Gasteiger partial charge in [0.25, 0.3) is 5.91 Å². The second kappa shape index (κ2) is 5.29. The highest BCUT2D eigenvalue weighted by Crippen LogP contribution is 2.34. The molecule has 0 saturated heterocycles. The first-order valence-corrected chi connectivity index (χ1v) is 6.56. The number of nitrogen functional groups attached to an aromatic ring is 1. The molecule has 4 heteroatoms. The second-order valence-corrected chi connectivity index (χ2v) is 4.93. The number of nitrogens with one attached hydrogen (secondary N) is 2. The van der Waals surface area contributed by atoms with Crippen molar-refractivity contribution in [2.75, 3.05) is 17.6 Å². The van der Waals surface area contributed by atoms with E-state index in [0.717, 1.165) is 11.6 Å². The van der Waals surface area contributed by atoms with Crippen LogP contribution in [0.25, 0.3) is 0 Å². The smallest absolute Gasteiger partial charge is 0.251 e. The summed E-state index contributed by atoms with van der Waals surface area (Å²) >= 11 is 0. The average Bonchev–Trinajstić information content (AvgIpc) is 3.16. The first-order valence-electron chi connectivity index (χ1n) is 6.56. The van der Waals surface area contributed by atoms with Gasteiger partial charge in [-0.2, -0.15) is 0 Å². The molecular formula is C14H21N3O. The van der Waals surface area contributed by atoms with Crippen LogP contribution >= 0.6 is 0 Å². The van der Waals surface area contributed by atoms with Crippen LogP contribution in [0.2, 0.25) is 0 Å². The lowest BCUT2D eigenvalue weighted by Gasteiger charge is -2.16. The number of hydrogen-bond donors (Lipinski definition) is 3. The van der Waals surface area contributed by atoms with Crippen LogP contribution in [0.3, 0.4) is 0 Å². The molecule has 1 saturated carbocycles. The highest BCUT2D eigenvalue weighted by Gasteiger charge is 2.28. The summed E-state index contributed by atoms with van der Waals surface area (Å²) in [7, 11) is 0. The van der Waals surface area contributed by atoms with Gasteiger partial charge in [0.05, 0.1) is 11.4 Å². The third-order valence-corrected chi connectivity index (χ3v) is 3.36. The molecule has 2 rings (SSSR count). The SMILES string of the molecule is CCNC(=O)c1ccc(NC(C)C2CC2)c(N)c1. The van der Waals surface area contributed by atoms with E-state index in [4.69, 9.17) is 5.73 Å². The van der Waals surface area contributed by atoms with Gasteiger partial charge in [-0.15, -0.1) is 0 Å². The topological polar surface area (TPSA) is 67.2 Å². The minimum atomic E-state index is -0.0778. The third-order valence-electron chi connectivity index (χ3n) is 3.36. The number of nitrogens with two attached hydrogens (primary N) is 1. The van der Waals surface area contributed by atoms with Crippen molar-refractivity contribution in [3.05, 3.63) is 23.8 Å². The maximum Gasteiger partial charge on any atom is 0.251 e. The first kappa shape index (κ1) is 12.7. The summed E-state index contributed by atoms with van der Waals surface area (Å²) in [5, 5.41) is 6.18. The largest absolute Gasteiger partial charge is 0.397 e. The summed E-state index contributed by atoms with van der Waals surface area (Å²) in [6.45, 7) is 4.70. The van der Waals surface area contributed by atoms with Crippen LogP contribution < -0.4 is 16.4 Å². The van der Waals surface area contributed by atoms with Crippen molar-refractivity contribution in [1.29, 1.82) is 0 Å². The van der Waals surface area contributed by atoms with E-state index < -0.39 is 0 Å². The summed E-state index contributed by atoms with van der Waals surface area (Å²) in [4.78, 5) is 11.7. The number of anilines is 2. The number of carbonyl (C=O) groups is 1. The zero-order valence-corrected chi connectivity index (χ0v) is 11.0. The number of hydrogen-bond acceptors (Lipinski definition) is 3. The molecule has 1 unspecified atom stereocenters. The van der Waals surface area contributed by atoms with Gasteiger partial charge in [0, 0.05) is 18.2 Å². The van der Waals surface area contributed by atoms with E-state index in [2.05, 4.69) is 17.6 Å². The van der Waals surface area contributed by atoms with Gasteiger partial charge in [0.1, 0.15) is 0 Å². The van der Waals surface area contributed by atoms with Gasteiger partial charge in [-0.25, -0.2) is 0 Å². The Morgan fingerprint density at radius 2 is 2.22 bits per heavy atom. The van der Waals surface area contributed by atoms with E-state index in [0.29, 0.717) is 23.8 Å². The Kier molecular flexibility index (Phi) is 3.75. The van der Waals surface area contributed by atoms with E-state index in [1.165, 1.54) is 12.8 Å².